The zero-order valence-corrected chi connectivity index (χ0v) is 9.41. The molecule has 0 aliphatic carbocycles. The molecule has 0 aromatic heterocycles. The van der Waals surface area contributed by atoms with Crippen molar-refractivity contribution in [1.29, 1.82) is 0 Å². The van der Waals surface area contributed by atoms with E-state index in [1.54, 1.807) is 25.3 Å². The minimum absolute atomic E-state index is 0.318. The fraction of sp³-hybridized carbons (Fsp3) is 0.273. The largest absolute Gasteiger partial charge is 0.496 e. The summed E-state index contributed by atoms with van der Waals surface area (Å²) in [5, 5.41) is 9.60. The van der Waals surface area contributed by atoms with Crippen molar-refractivity contribution in [1.82, 2.24) is 0 Å². The number of halogens is 1. The molecular weight excluding hydrogens is 244 g/mol. The van der Waals surface area contributed by atoms with Crippen LogP contribution in [-0.2, 0) is 0 Å². The van der Waals surface area contributed by atoms with E-state index in [0.717, 1.165) is 15.8 Å². The number of methoxy groups -OCH3 is 1. The Bertz CT molecular complexity index is 355. The molecule has 1 rings (SSSR count). The van der Waals surface area contributed by atoms with Gasteiger partial charge in [0.1, 0.15) is 5.75 Å². The summed E-state index contributed by atoms with van der Waals surface area (Å²) in [4.78, 5) is 0. The molecule has 0 saturated heterocycles. The monoisotopic (exact) mass is 254 g/mol. The van der Waals surface area contributed by atoms with Crippen molar-refractivity contribution in [3.05, 3.63) is 28.2 Å². The summed E-state index contributed by atoms with van der Waals surface area (Å²) in [6.45, 7) is 0. The normalized spacial score (nSPS) is 11.9. The second-order valence-corrected chi connectivity index (χ2v) is 3.67. The van der Waals surface area contributed by atoms with Crippen LogP contribution in [0, 0.1) is 12.3 Å². The lowest BCUT2D eigenvalue weighted by molar-refractivity contribution is 0.184. The molecular formula is C11H11BrO2. The molecule has 1 aromatic carbocycles. The minimum Gasteiger partial charge on any atom is -0.496 e. The predicted molar refractivity (Wildman–Crippen MR) is 59.1 cm³/mol. The number of rotatable bonds is 3. The predicted octanol–water partition coefficient (Wildman–Crippen LogP) is 2.51. The van der Waals surface area contributed by atoms with Gasteiger partial charge >= 0.3 is 0 Å². The summed E-state index contributed by atoms with van der Waals surface area (Å²) in [5.74, 6) is 3.16. The molecule has 0 amide bonds. The average Bonchev–Trinajstić information content (AvgIpc) is 2.18. The molecule has 74 valence electrons. The number of hydrogen-bond donors (Lipinski definition) is 1. The molecule has 0 fully saturated rings. The van der Waals surface area contributed by atoms with Crippen LogP contribution in [0.5, 0.6) is 5.75 Å². The first-order valence-electron chi connectivity index (χ1n) is 4.14. The maximum absolute atomic E-state index is 9.60. The van der Waals surface area contributed by atoms with E-state index in [0.29, 0.717) is 6.42 Å². The molecule has 2 nitrogen and oxygen atoms in total. The Morgan fingerprint density at radius 2 is 2.36 bits per heavy atom. The summed E-state index contributed by atoms with van der Waals surface area (Å²) < 4.78 is 5.88. The zero-order valence-electron chi connectivity index (χ0n) is 7.83. The molecule has 3 heteroatoms. The fourth-order valence-electron chi connectivity index (χ4n) is 1.12. The first-order valence-corrected chi connectivity index (χ1v) is 4.93. The van der Waals surface area contributed by atoms with E-state index in [-0.39, 0.29) is 0 Å². The second-order valence-electron chi connectivity index (χ2n) is 2.82. The van der Waals surface area contributed by atoms with Gasteiger partial charge in [-0.25, -0.2) is 0 Å². The standard InChI is InChI=1S/C11H11BrO2/c1-3-4-10(13)8-5-6-11(14-2)9(12)7-8/h1,5-7,10,13H,4H2,2H3. The lowest BCUT2D eigenvalue weighted by Gasteiger charge is -2.09. The van der Waals surface area contributed by atoms with E-state index in [2.05, 4.69) is 21.9 Å². The number of hydrogen-bond acceptors (Lipinski definition) is 2. The van der Waals surface area contributed by atoms with E-state index in [4.69, 9.17) is 11.2 Å². The smallest absolute Gasteiger partial charge is 0.133 e. The van der Waals surface area contributed by atoms with E-state index < -0.39 is 6.10 Å². The number of terminal acetylenes is 1. The van der Waals surface area contributed by atoms with Crippen LogP contribution in [0.15, 0.2) is 22.7 Å². The van der Waals surface area contributed by atoms with E-state index >= 15 is 0 Å². The van der Waals surface area contributed by atoms with E-state index in [9.17, 15) is 5.11 Å². The van der Waals surface area contributed by atoms with Gasteiger partial charge in [-0.1, -0.05) is 6.07 Å². The summed E-state index contributed by atoms with van der Waals surface area (Å²) in [6.07, 6.45) is 4.82. The van der Waals surface area contributed by atoms with Crippen molar-refractivity contribution in [2.24, 2.45) is 0 Å². The lowest BCUT2D eigenvalue weighted by atomic mass is 10.1. The van der Waals surface area contributed by atoms with Crippen molar-refractivity contribution in [2.45, 2.75) is 12.5 Å². The molecule has 0 aliphatic rings. The molecule has 1 aromatic rings. The van der Waals surface area contributed by atoms with Crippen LogP contribution < -0.4 is 4.74 Å². The highest BCUT2D eigenvalue weighted by atomic mass is 79.9. The van der Waals surface area contributed by atoms with Crippen molar-refractivity contribution in [2.75, 3.05) is 7.11 Å². The third kappa shape index (κ3) is 2.50. The Kier molecular flexibility index (Phi) is 3.99. The van der Waals surface area contributed by atoms with Gasteiger partial charge in [-0.2, -0.15) is 0 Å². The van der Waals surface area contributed by atoms with Crippen LogP contribution in [0.25, 0.3) is 0 Å². The maximum Gasteiger partial charge on any atom is 0.133 e. The summed E-state index contributed by atoms with van der Waals surface area (Å²) >= 11 is 3.34. The van der Waals surface area contributed by atoms with Gasteiger partial charge in [-0.15, -0.1) is 12.3 Å². The Hall–Kier alpha value is -0.980. The van der Waals surface area contributed by atoms with E-state index in [1.165, 1.54) is 0 Å². The molecule has 0 aliphatic heterocycles. The number of ether oxygens (including phenoxy) is 1. The number of benzene rings is 1. The third-order valence-corrected chi connectivity index (χ3v) is 2.49. The highest BCUT2D eigenvalue weighted by Crippen LogP contribution is 2.28. The molecule has 14 heavy (non-hydrogen) atoms. The first-order chi connectivity index (χ1) is 6.69. The molecule has 1 N–H and O–H groups in total. The number of aliphatic hydroxyl groups is 1. The van der Waals surface area contributed by atoms with Gasteiger partial charge in [0.05, 0.1) is 17.7 Å². The van der Waals surface area contributed by atoms with Crippen LogP contribution in [0.3, 0.4) is 0 Å². The molecule has 1 unspecified atom stereocenters. The van der Waals surface area contributed by atoms with E-state index in [1.807, 2.05) is 0 Å². The lowest BCUT2D eigenvalue weighted by Crippen LogP contribution is -1.96. The van der Waals surface area contributed by atoms with Crippen LogP contribution in [0.2, 0.25) is 0 Å². The Balaban J connectivity index is 2.92. The van der Waals surface area contributed by atoms with Gasteiger partial charge in [0.25, 0.3) is 0 Å². The van der Waals surface area contributed by atoms with Crippen LogP contribution in [0.1, 0.15) is 18.1 Å². The maximum atomic E-state index is 9.60. The fourth-order valence-corrected chi connectivity index (χ4v) is 1.68. The second kappa shape index (κ2) is 5.04. The van der Waals surface area contributed by atoms with Crippen LogP contribution in [0.4, 0.5) is 0 Å². The molecule has 1 atom stereocenters. The molecule has 0 radical (unpaired) electrons. The van der Waals surface area contributed by atoms with Crippen LogP contribution in [-0.4, -0.2) is 12.2 Å². The van der Waals surface area contributed by atoms with Gasteiger partial charge in [-0.05, 0) is 33.6 Å². The van der Waals surface area contributed by atoms with Gasteiger partial charge in [0.15, 0.2) is 0 Å². The Morgan fingerprint density at radius 1 is 1.64 bits per heavy atom. The topological polar surface area (TPSA) is 29.5 Å². The minimum atomic E-state index is -0.609. The van der Waals surface area contributed by atoms with Gasteiger partial charge in [-0.3, -0.25) is 0 Å². The van der Waals surface area contributed by atoms with Gasteiger partial charge < -0.3 is 9.84 Å². The third-order valence-electron chi connectivity index (χ3n) is 1.87. The SMILES string of the molecule is C#CCC(O)c1ccc(OC)c(Br)c1. The molecule has 0 spiro atoms. The highest BCUT2D eigenvalue weighted by molar-refractivity contribution is 9.10. The average molecular weight is 255 g/mol. The Morgan fingerprint density at radius 3 is 2.86 bits per heavy atom. The van der Waals surface area contributed by atoms with Crippen molar-refractivity contribution < 1.29 is 9.84 Å². The Labute approximate surface area is 92.0 Å². The summed E-state index contributed by atoms with van der Waals surface area (Å²) in [7, 11) is 1.59. The van der Waals surface area contributed by atoms with Gasteiger partial charge in [0, 0.05) is 6.42 Å². The molecule has 0 bridgehead atoms. The molecule has 0 saturated carbocycles. The van der Waals surface area contributed by atoms with Crippen molar-refractivity contribution >= 4 is 15.9 Å². The van der Waals surface area contributed by atoms with Crippen molar-refractivity contribution in [3.8, 4) is 18.1 Å². The van der Waals surface area contributed by atoms with Crippen LogP contribution >= 0.6 is 15.9 Å². The highest BCUT2D eigenvalue weighted by Gasteiger charge is 2.08. The van der Waals surface area contributed by atoms with Crippen molar-refractivity contribution in [3.63, 3.8) is 0 Å². The summed E-state index contributed by atoms with van der Waals surface area (Å²) in [5.41, 5.74) is 0.788. The number of aliphatic hydroxyl groups excluding tert-OH is 1. The first kappa shape index (κ1) is 11.1. The molecule has 0 heterocycles. The van der Waals surface area contributed by atoms with Gasteiger partial charge in [0.2, 0.25) is 0 Å². The quantitative estimate of drug-likeness (QED) is 0.841. The zero-order chi connectivity index (χ0) is 10.6. The summed E-state index contributed by atoms with van der Waals surface area (Å²) in [6, 6.07) is 5.39.